The van der Waals surface area contributed by atoms with Gasteiger partial charge in [-0.1, -0.05) is 12.1 Å². The maximum absolute atomic E-state index is 12.9. The van der Waals surface area contributed by atoms with Gasteiger partial charge in [0, 0.05) is 12.0 Å². The third kappa shape index (κ3) is 2.62. The van der Waals surface area contributed by atoms with E-state index < -0.39 is 17.6 Å². The second kappa shape index (κ2) is 6.17. The molecule has 0 aromatic heterocycles. The number of aliphatic hydroxyl groups is 1. The van der Waals surface area contributed by atoms with Crippen LogP contribution < -0.4 is 10.6 Å². The van der Waals surface area contributed by atoms with Crippen molar-refractivity contribution in [2.45, 2.75) is 50.3 Å². The average molecular weight is 357 g/mol. The molecule has 3 aliphatic heterocycles. The molecule has 7 nitrogen and oxygen atoms in total. The highest BCUT2D eigenvalue weighted by Gasteiger charge is 2.44. The Morgan fingerprint density at radius 1 is 1.19 bits per heavy atom. The van der Waals surface area contributed by atoms with Crippen LogP contribution in [0.5, 0.6) is 0 Å². The first-order chi connectivity index (χ1) is 12.4. The second-order valence-electron chi connectivity index (χ2n) is 7.44. The Labute approximate surface area is 151 Å². The molecule has 2 fully saturated rings. The van der Waals surface area contributed by atoms with Crippen LogP contribution in [0, 0.1) is 0 Å². The van der Waals surface area contributed by atoms with E-state index in [4.69, 9.17) is 0 Å². The lowest BCUT2D eigenvalue weighted by Gasteiger charge is -2.34. The van der Waals surface area contributed by atoms with Gasteiger partial charge in [0.25, 0.3) is 5.91 Å². The topological polar surface area (TPSA) is 98.7 Å². The van der Waals surface area contributed by atoms with Gasteiger partial charge in [0.2, 0.25) is 11.8 Å². The molecule has 1 aromatic rings. The molecular formula is C19H23N3O4. The van der Waals surface area contributed by atoms with Gasteiger partial charge in [-0.25, -0.2) is 0 Å². The molecule has 0 spiro atoms. The molecule has 26 heavy (non-hydrogen) atoms. The number of fused-ring (bicyclic) bond motifs is 1. The highest BCUT2D eigenvalue weighted by molar-refractivity contribution is 6.05. The van der Waals surface area contributed by atoms with Crippen LogP contribution in [-0.4, -0.2) is 46.9 Å². The SMILES string of the molecule is CC1c2cc(C3(O)CCNCC3)ccc2C(=O)N1C1CCC(=O)NC1=O. The summed E-state index contributed by atoms with van der Waals surface area (Å²) in [6, 6.07) is 4.59. The molecule has 3 N–H and O–H groups in total. The fourth-order valence-corrected chi connectivity index (χ4v) is 4.35. The molecule has 138 valence electrons. The van der Waals surface area contributed by atoms with Gasteiger partial charge < -0.3 is 15.3 Å². The molecule has 2 saturated heterocycles. The first-order valence-corrected chi connectivity index (χ1v) is 9.14. The van der Waals surface area contributed by atoms with Crippen LogP contribution in [0.4, 0.5) is 0 Å². The van der Waals surface area contributed by atoms with Crippen molar-refractivity contribution in [3.8, 4) is 0 Å². The van der Waals surface area contributed by atoms with Gasteiger partial charge in [0.15, 0.2) is 0 Å². The molecule has 3 amide bonds. The first kappa shape index (κ1) is 17.2. The molecule has 0 radical (unpaired) electrons. The van der Waals surface area contributed by atoms with E-state index in [1.54, 1.807) is 11.0 Å². The Balaban J connectivity index is 1.65. The van der Waals surface area contributed by atoms with Gasteiger partial charge in [-0.3, -0.25) is 19.7 Å². The van der Waals surface area contributed by atoms with Crippen LogP contribution in [0.3, 0.4) is 0 Å². The lowest BCUT2D eigenvalue weighted by atomic mass is 9.83. The third-order valence-electron chi connectivity index (χ3n) is 5.90. The highest BCUT2D eigenvalue weighted by Crippen LogP contribution is 2.40. The number of hydrogen-bond acceptors (Lipinski definition) is 5. The number of carbonyl (C=O) groups excluding carboxylic acids is 3. The second-order valence-corrected chi connectivity index (χ2v) is 7.44. The van der Waals surface area contributed by atoms with E-state index in [9.17, 15) is 19.5 Å². The average Bonchev–Trinajstić information content (AvgIpc) is 2.87. The van der Waals surface area contributed by atoms with Crippen LogP contribution >= 0.6 is 0 Å². The predicted octanol–water partition coefficient (Wildman–Crippen LogP) is 0.580. The lowest BCUT2D eigenvalue weighted by molar-refractivity contribution is -0.137. The maximum Gasteiger partial charge on any atom is 0.255 e. The number of piperidine rings is 2. The van der Waals surface area contributed by atoms with Crippen molar-refractivity contribution >= 4 is 17.7 Å². The van der Waals surface area contributed by atoms with Crippen molar-refractivity contribution in [3.05, 3.63) is 34.9 Å². The minimum Gasteiger partial charge on any atom is -0.385 e. The molecule has 7 heteroatoms. The van der Waals surface area contributed by atoms with E-state index in [1.807, 2.05) is 19.1 Å². The summed E-state index contributed by atoms with van der Waals surface area (Å²) >= 11 is 0. The summed E-state index contributed by atoms with van der Waals surface area (Å²) in [5.74, 6) is -0.893. The fourth-order valence-electron chi connectivity index (χ4n) is 4.35. The predicted molar refractivity (Wildman–Crippen MR) is 93.2 cm³/mol. The van der Waals surface area contributed by atoms with E-state index in [0.29, 0.717) is 24.8 Å². The molecule has 2 atom stereocenters. The van der Waals surface area contributed by atoms with E-state index >= 15 is 0 Å². The van der Waals surface area contributed by atoms with Gasteiger partial charge in [-0.05, 0) is 56.5 Å². The van der Waals surface area contributed by atoms with Crippen LogP contribution in [-0.2, 0) is 15.2 Å². The Hall–Kier alpha value is -2.25. The molecule has 0 bridgehead atoms. The molecule has 0 aliphatic carbocycles. The first-order valence-electron chi connectivity index (χ1n) is 9.14. The summed E-state index contributed by atoms with van der Waals surface area (Å²) in [5.41, 5.74) is 1.35. The number of hydrogen-bond donors (Lipinski definition) is 3. The Bertz CT molecular complexity index is 785. The zero-order valence-corrected chi connectivity index (χ0v) is 14.7. The third-order valence-corrected chi connectivity index (χ3v) is 5.90. The quantitative estimate of drug-likeness (QED) is 0.673. The van der Waals surface area contributed by atoms with Crippen LogP contribution in [0.25, 0.3) is 0 Å². The van der Waals surface area contributed by atoms with Crippen LogP contribution in [0.15, 0.2) is 18.2 Å². The molecule has 2 unspecified atom stereocenters. The zero-order chi connectivity index (χ0) is 18.5. The molecule has 0 saturated carbocycles. The smallest absolute Gasteiger partial charge is 0.255 e. The number of amides is 3. The standard InChI is InChI=1S/C19H23N3O4/c1-11-14-10-12(19(26)6-8-20-9-7-19)2-3-13(14)18(25)22(11)15-4-5-16(23)21-17(15)24/h2-3,10-11,15,20,26H,4-9H2,1H3,(H,21,23,24). The number of rotatable bonds is 2. The normalized spacial score (nSPS) is 28.1. The maximum atomic E-state index is 12.9. The Morgan fingerprint density at radius 2 is 1.92 bits per heavy atom. The van der Waals surface area contributed by atoms with Gasteiger partial charge in [0.1, 0.15) is 6.04 Å². The Morgan fingerprint density at radius 3 is 2.62 bits per heavy atom. The van der Waals surface area contributed by atoms with Crippen molar-refractivity contribution in [2.24, 2.45) is 0 Å². The number of benzene rings is 1. The largest absolute Gasteiger partial charge is 0.385 e. The summed E-state index contributed by atoms with van der Waals surface area (Å²) in [7, 11) is 0. The van der Waals surface area contributed by atoms with Crippen molar-refractivity contribution < 1.29 is 19.5 Å². The monoisotopic (exact) mass is 357 g/mol. The highest BCUT2D eigenvalue weighted by atomic mass is 16.3. The van der Waals surface area contributed by atoms with Crippen LogP contribution in [0.1, 0.15) is 60.1 Å². The summed E-state index contributed by atoms with van der Waals surface area (Å²) in [6.45, 7) is 3.40. The number of imide groups is 1. The summed E-state index contributed by atoms with van der Waals surface area (Å²) in [5, 5.41) is 16.5. The van der Waals surface area contributed by atoms with Gasteiger partial charge in [-0.15, -0.1) is 0 Å². The van der Waals surface area contributed by atoms with Crippen molar-refractivity contribution in [1.29, 1.82) is 0 Å². The van der Waals surface area contributed by atoms with E-state index in [1.165, 1.54) is 0 Å². The number of carbonyl (C=O) groups is 3. The van der Waals surface area contributed by atoms with E-state index in [2.05, 4.69) is 10.6 Å². The minimum atomic E-state index is -0.884. The van der Waals surface area contributed by atoms with Gasteiger partial charge in [0.05, 0.1) is 11.6 Å². The van der Waals surface area contributed by atoms with Crippen molar-refractivity contribution in [2.75, 3.05) is 13.1 Å². The van der Waals surface area contributed by atoms with Gasteiger partial charge >= 0.3 is 0 Å². The van der Waals surface area contributed by atoms with E-state index in [-0.39, 0.29) is 24.3 Å². The lowest BCUT2D eigenvalue weighted by Crippen LogP contribution is -2.53. The minimum absolute atomic E-state index is 0.189. The van der Waals surface area contributed by atoms with E-state index in [0.717, 1.165) is 24.2 Å². The molecule has 1 aromatic carbocycles. The van der Waals surface area contributed by atoms with Gasteiger partial charge in [-0.2, -0.15) is 0 Å². The van der Waals surface area contributed by atoms with Crippen LogP contribution in [0.2, 0.25) is 0 Å². The molecule has 3 heterocycles. The summed E-state index contributed by atoms with van der Waals surface area (Å²) < 4.78 is 0. The summed E-state index contributed by atoms with van der Waals surface area (Å²) in [4.78, 5) is 38.1. The molecular weight excluding hydrogens is 334 g/mol. The number of nitrogens with one attached hydrogen (secondary N) is 2. The Kier molecular flexibility index (Phi) is 4.08. The molecule has 4 rings (SSSR count). The number of nitrogens with zero attached hydrogens (tertiary/aromatic N) is 1. The fraction of sp³-hybridized carbons (Fsp3) is 0.526. The zero-order valence-electron chi connectivity index (χ0n) is 14.7. The molecule has 3 aliphatic rings. The van der Waals surface area contributed by atoms with Crippen molar-refractivity contribution in [3.63, 3.8) is 0 Å². The van der Waals surface area contributed by atoms with Crippen molar-refractivity contribution in [1.82, 2.24) is 15.5 Å². The summed E-state index contributed by atoms with van der Waals surface area (Å²) in [6.07, 6.45) is 1.84.